The molecule has 0 unspecified atom stereocenters. The molecule has 1 amide bonds. The second-order valence-corrected chi connectivity index (χ2v) is 7.90. The summed E-state index contributed by atoms with van der Waals surface area (Å²) in [5, 5.41) is 5.49. The van der Waals surface area contributed by atoms with Crippen molar-refractivity contribution in [2.45, 2.75) is 20.0 Å². The predicted molar refractivity (Wildman–Crippen MR) is 117 cm³/mol. The molecule has 0 aliphatic carbocycles. The van der Waals surface area contributed by atoms with E-state index >= 15 is 0 Å². The van der Waals surface area contributed by atoms with Crippen LogP contribution < -0.4 is 9.47 Å². The number of hydrogen-bond donors (Lipinski definition) is 0. The lowest BCUT2D eigenvalue weighted by Gasteiger charge is -2.23. The van der Waals surface area contributed by atoms with E-state index in [0.717, 1.165) is 33.6 Å². The van der Waals surface area contributed by atoms with Crippen molar-refractivity contribution in [2.24, 2.45) is 14.1 Å². The average molecular weight is 416 g/mol. The topological polar surface area (TPSA) is 61.5 Å². The van der Waals surface area contributed by atoms with E-state index in [1.165, 1.54) is 0 Å². The molecule has 4 aromatic rings. The molecule has 31 heavy (non-hydrogen) atoms. The van der Waals surface area contributed by atoms with Crippen LogP contribution in [0.2, 0.25) is 0 Å². The smallest absolute Gasteiger partial charge is 0.271 e. The average Bonchev–Trinajstić information content (AvgIpc) is 3.44. The van der Waals surface area contributed by atoms with Gasteiger partial charge in [0.05, 0.1) is 17.9 Å². The van der Waals surface area contributed by atoms with E-state index in [1.807, 2.05) is 89.8 Å². The number of rotatable bonds is 5. The van der Waals surface area contributed by atoms with Crippen LogP contribution in [0.4, 0.5) is 0 Å². The number of carbonyl (C=O) groups is 1. The molecule has 0 saturated heterocycles. The maximum atomic E-state index is 13.7. The second kappa shape index (κ2) is 7.50. The summed E-state index contributed by atoms with van der Waals surface area (Å²) in [6, 6.07) is 17.8. The van der Waals surface area contributed by atoms with Crippen molar-refractivity contribution in [3.05, 3.63) is 77.2 Å². The molecule has 1 aliphatic heterocycles. The summed E-state index contributed by atoms with van der Waals surface area (Å²) in [7, 11) is 3.84. The van der Waals surface area contributed by atoms with Crippen molar-refractivity contribution in [2.75, 3.05) is 6.79 Å². The van der Waals surface area contributed by atoms with E-state index in [4.69, 9.17) is 9.47 Å². The maximum Gasteiger partial charge on any atom is 0.271 e. The first-order chi connectivity index (χ1) is 15.0. The lowest BCUT2D eigenvalue weighted by molar-refractivity contribution is 0.0716. The Labute approximate surface area is 180 Å². The first kappa shape index (κ1) is 19.2. The van der Waals surface area contributed by atoms with Crippen LogP contribution in [-0.4, -0.2) is 31.9 Å². The third kappa shape index (κ3) is 3.52. The standard InChI is InChI=1S/C24H24N4O3/c1-16-10-19(27(3)25-16)14-28(13-17-8-9-22-23(11-17)31-15-30-22)24(29)21-12-18-6-4-5-7-20(18)26(21)2/h4-12H,13-15H2,1-3H3. The van der Waals surface area contributed by atoms with Gasteiger partial charge in [-0.3, -0.25) is 9.48 Å². The third-order valence-electron chi connectivity index (χ3n) is 5.72. The van der Waals surface area contributed by atoms with Gasteiger partial charge in [-0.25, -0.2) is 0 Å². The zero-order chi connectivity index (χ0) is 21.5. The highest BCUT2D eigenvalue weighted by atomic mass is 16.7. The number of para-hydroxylation sites is 1. The molecule has 2 aromatic heterocycles. The van der Waals surface area contributed by atoms with Gasteiger partial charge in [-0.1, -0.05) is 24.3 Å². The molecule has 5 rings (SSSR count). The van der Waals surface area contributed by atoms with Crippen LogP contribution in [0.5, 0.6) is 11.5 Å². The Morgan fingerprint density at radius 1 is 1.03 bits per heavy atom. The number of ether oxygens (including phenoxy) is 2. The highest BCUT2D eigenvalue weighted by molar-refractivity contribution is 5.98. The van der Waals surface area contributed by atoms with Crippen LogP contribution in [0.1, 0.15) is 27.4 Å². The lowest BCUT2D eigenvalue weighted by atomic mass is 10.1. The van der Waals surface area contributed by atoms with Gasteiger partial charge >= 0.3 is 0 Å². The molecule has 158 valence electrons. The maximum absolute atomic E-state index is 13.7. The predicted octanol–water partition coefficient (Wildman–Crippen LogP) is 3.79. The fourth-order valence-electron chi connectivity index (χ4n) is 4.12. The van der Waals surface area contributed by atoms with Gasteiger partial charge < -0.3 is 18.9 Å². The third-order valence-corrected chi connectivity index (χ3v) is 5.72. The normalized spacial score (nSPS) is 12.5. The number of fused-ring (bicyclic) bond motifs is 2. The fraction of sp³-hybridized carbons (Fsp3) is 0.250. The summed E-state index contributed by atoms with van der Waals surface area (Å²) < 4.78 is 14.7. The van der Waals surface area contributed by atoms with Crippen molar-refractivity contribution in [3.63, 3.8) is 0 Å². The quantitative estimate of drug-likeness (QED) is 0.497. The molecule has 0 N–H and O–H groups in total. The van der Waals surface area contributed by atoms with E-state index in [2.05, 4.69) is 5.10 Å². The Morgan fingerprint density at radius 3 is 2.61 bits per heavy atom. The summed E-state index contributed by atoms with van der Waals surface area (Å²) in [6.45, 7) is 3.08. The van der Waals surface area contributed by atoms with Crippen LogP contribution in [0.15, 0.2) is 54.6 Å². The highest BCUT2D eigenvalue weighted by Crippen LogP contribution is 2.33. The molecule has 3 heterocycles. The van der Waals surface area contributed by atoms with Crippen molar-refractivity contribution in [1.29, 1.82) is 0 Å². The molecule has 0 spiro atoms. The minimum atomic E-state index is -0.0322. The first-order valence-electron chi connectivity index (χ1n) is 10.2. The Bertz CT molecular complexity index is 1290. The monoisotopic (exact) mass is 416 g/mol. The Morgan fingerprint density at radius 2 is 1.84 bits per heavy atom. The molecule has 0 bridgehead atoms. The van der Waals surface area contributed by atoms with Crippen LogP contribution >= 0.6 is 0 Å². The van der Waals surface area contributed by atoms with Crippen LogP contribution in [0.3, 0.4) is 0 Å². The molecule has 0 saturated carbocycles. The van der Waals surface area contributed by atoms with Crippen LogP contribution in [-0.2, 0) is 27.2 Å². The number of carbonyl (C=O) groups excluding carboxylic acids is 1. The molecule has 7 heteroatoms. The Hall–Kier alpha value is -3.74. The fourth-order valence-corrected chi connectivity index (χ4v) is 4.12. The Kier molecular flexibility index (Phi) is 4.66. The molecule has 1 aliphatic rings. The summed E-state index contributed by atoms with van der Waals surface area (Å²) >= 11 is 0. The SMILES string of the molecule is Cc1cc(CN(Cc2ccc3c(c2)OCO3)C(=O)c2cc3ccccc3n2C)n(C)n1. The van der Waals surface area contributed by atoms with Crippen molar-refractivity contribution in [1.82, 2.24) is 19.2 Å². The molecule has 0 atom stereocenters. The van der Waals surface area contributed by atoms with Gasteiger partial charge in [-0.2, -0.15) is 5.10 Å². The summed E-state index contributed by atoms with van der Waals surface area (Å²) in [4.78, 5) is 15.6. The molecular weight excluding hydrogens is 392 g/mol. The zero-order valence-corrected chi connectivity index (χ0v) is 17.8. The zero-order valence-electron chi connectivity index (χ0n) is 17.8. The lowest BCUT2D eigenvalue weighted by Crippen LogP contribution is -2.32. The number of benzene rings is 2. The van der Waals surface area contributed by atoms with Crippen LogP contribution in [0.25, 0.3) is 10.9 Å². The number of hydrogen-bond acceptors (Lipinski definition) is 4. The van der Waals surface area contributed by atoms with Gasteiger partial charge in [0, 0.05) is 31.5 Å². The number of aromatic nitrogens is 3. The van der Waals surface area contributed by atoms with E-state index in [0.29, 0.717) is 24.5 Å². The summed E-state index contributed by atoms with van der Waals surface area (Å²) in [6.07, 6.45) is 0. The summed E-state index contributed by atoms with van der Waals surface area (Å²) in [5.41, 5.74) is 4.57. The van der Waals surface area contributed by atoms with Crippen molar-refractivity contribution >= 4 is 16.8 Å². The Balaban J connectivity index is 1.51. The molecular formula is C24H24N4O3. The first-order valence-corrected chi connectivity index (χ1v) is 10.2. The molecule has 0 fully saturated rings. The number of nitrogens with zero attached hydrogens (tertiary/aromatic N) is 4. The molecule has 0 radical (unpaired) electrons. The van der Waals surface area contributed by atoms with E-state index in [-0.39, 0.29) is 12.7 Å². The van der Waals surface area contributed by atoms with Gasteiger partial charge in [0.25, 0.3) is 5.91 Å². The van der Waals surface area contributed by atoms with Gasteiger partial charge in [-0.15, -0.1) is 0 Å². The highest BCUT2D eigenvalue weighted by Gasteiger charge is 2.23. The van der Waals surface area contributed by atoms with E-state index in [9.17, 15) is 4.79 Å². The second-order valence-electron chi connectivity index (χ2n) is 7.90. The molecule has 7 nitrogen and oxygen atoms in total. The van der Waals surface area contributed by atoms with Gasteiger partial charge in [0.2, 0.25) is 6.79 Å². The largest absolute Gasteiger partial charge is 0.454 e. The number of amides is 1. The minimum absolute atomic E-state index is 0.0322. The van der Waals surface area contributed by atoms with Gasteiger partial charge in [-0.05, 0) is 42.8 Å². The van der Waals surface area contributed by atoms with Crippen LogP contribution in [0, 0.1) is 6.92 Å². The van der Waals surface area contributed by atoms with Crippen molar-refractivity contribution in [3.8, 4) is 11.5 Å². The van der Waals surface area contributed by atoms with Gasteiger partial charge in [0.15, 0.2) is 11.5 Å². The van der Waals surface area contributed by atoms with E-state index in [1.54, 1.807) is 0 Å². The van der Waals surface area contributed by atoms with Gasteiger partial charge in [0.1, 0.15) is 5.69 Å². The van der Waals surface area contributed by atoms with E-state index < -0.39 is 0 Å². The van der Waals surface area contributed by atoms with Crippen molar-refractivity contribution < 1.29 is 14.3 Å². The number of aryl methyl sites for hydroxylation is 3. The molecule has 2 aromatic carbocycles. The summed E-state index contributed by atoms with van der Waals surface area (Å²) in [5.74, 6) is 1.42. The minimum Gasteiger partial charge on any atom is -0.454 e.